The highest BCUT2D eigenvalue weighted by atomic mass is 35.5. The molecule has 0 heterocycles. The van der Waals surface area contributed by atoms with Crippen LogP contribution < -0.4 is 10.2 Å². The molecular weight excluding hydrogens is 282 g/mol. The number of hydrogen-bond acceptors (Lipinski definition) is 3. The normalized spacial score (nSPS) is 11.4. The van der Waals surface area contributed by atoms with Crippen molar-refractivity contribution in [2.24, 2.45) is 5.92 Å². The van der Waals surface area contributed by atoms with Crippen molar-refractivity contribution in [3.05, 3.63) is 28.8 Å². The average Bonchev–Trinajstić information content (AvgIpc) is 2.41. The van der Waals surface area contributed by atoms with Gasteiger partial charge in [-0.15, -0.1) is 0 Å². The molecule has 0 aliphatic rings. The molecule has 0 fully saturated rings. The summed E-state index contributed by atoms with van der Waals surface area (Å²) in [6.07, 6.45) is 0. The SMILES string of the molecule is CCNCc1ccc(N(CCN(C)C)CC(C)C)cc1Cl. The summed E-state index contributed by atoms with van der Waals surface area (Å²) in [5.41, 5.74) is 2.38. The van der Waals surface area contributed by atoms with Crippen LogP contribution in [-0.4, -0.2) is 45.2 Å². The smallest absolute Gasteiger partial charge is 0.0471 e. The molecule has 0 radical (unpaired) electrons. The second-order valence-corrected chi connectivity index (χ2v) is 6.61. The lowest BCUT2D eigenvalue weighted by atomic mass is 10.1. The van der Waals surface area contributed by atoms with Crippen molar-refractivity contribution in [2.45, 2.75) is 27.3 Å². The van der Waals surface area contributed by atoms with E-state index >= 15 is 0 Å². The van der Waals surface area contributed by atoms with Gasteiger partial charge in [0.25, 0.3) is 0 Å². The van der Waals surface area contributed by atoms with Gasteiger partial charge in [-0.25, -0.2) is 0 Å². The van der Waals surface area contributed by atoms with Gasteiger partial charge in [0.1, 0.15) is 0 Å². The zero-order valence-corrected chi connectivity index (χ0v) is 14.9. The van der Waals surface area contributed by atoms with E-state index in [1.165, 1.54) is 11.3 Å². The third-order valence-electron chi connectivity index (χ3n) is 3.37. The van der Waals surface area contributed by atoms with E-state index in [1.807, 2.05) is 0 Å². The summed E-state index contributed by atoms with van der Waals surface area (Å²) >= 11 is 6.43. The van der Waals surface area contributed by atoms with Crippen molar-refractivity contribution in [3.63, 3.8) is 0 Å². The highest BCUT2D eigenvalue weighted by Crippen LogP contribution is 2.24. The molecule has 1 aromatic carbocycles. The van der Waals surface area contributed by atoms with Crippen LogP contribution in [0.25, 0.3) is 0 Å². The van der Waals surface area contributed by atoms with Crippen LogP contribution in [0.2, 0.25) is 5.02 Å². The van der Waals surface area contributed by atoms with Crippen molar-refractivity contribution in [1.29, 1.82) is 0 Å². The first-order chi connectivity index (χ1) is 9.93. The molecule has 0 saturated carbocycles. The highest BCUT2D eigenvalue weighted by Gasteiger charge is 2.11. The van der Waals surface area contributed by atoms with E-state index in [4.69, 9.17) is 11.6 Å². The Kier molecular flexibility index (Phi) is 8.09. The van der Waals surface area contributed by atoms with Crippen LogP contribution >= 0.6 is 11.6 Å². The molecule has 0 saturated heterocycles. The van der Waals surface area contributed by atoms with E-state index in [0.29, 0.717) is 5.92 Å². The van der Waals surface area contributed by atoms with Gasteiger partial charge in [0.2, 0.25) is 0 Å². The number of anilines is 1. The molecule has 4 heteroatoms. The Hall–Kier alpha value is -0.770. The number of benzene rings is 1. The van der Waals surface area contributed by atoms with E-state index in [1.54, 1.807) is 0 Å². The van der Waals surface area contributed by atoms with Crippen molar-refractivity contribution < 1.29 is 0 Å². The summed E-state index contributed by atoms with van der Waals surface area (Å²) in [7, 11) is 4.22. The Bertz CT molecular complexity index is 418. The monoisotopic (exact) mass is 311 g/mol. The van der Waals surface area contributed by atoms with E-state index in [-0.39, 0.29) is 0 Å². The summed E-state index contributed by atoms with van der Waals surface area (Å²) in [5, 5.41) is 4.18. The molecule has 120 valence electrons. The summed E-state index contributed by atoms with van der Waals surface area (Å²) in [4.78, 5) is 4.64. The topological polar surface area (TPSA) is 18.5 Å². The predicted molar refractivity (Wildman–Crippen MR) is 94.4 cm³/mol. The minimum absolute atomic E-state index is 0.632. The largest absolute Gasteiger partial charge is 0.370 e. The van der Waals surface area contributed by atoms with E-state index in [0.717, 1.165) is 37.7 Å². The van der Waals surface area contributed by atoms with Crippen LogP contribution in [0.3, 0.4) is 0 Å². The lowest BCUT2D eigenvalue weighted by Gasteiger charge is -2.28. The van der Waals surface area contributed by atoms with E-state index < -0.39 is 0 Å². The summed E-state index contributed by atoms with van der Waals surface area (Å²) in [6, 6.07) is 6.44. The third kappa shape index (κ3) is 6.68. The number of nitrogens with one attached hydrogen (secondary N) is 1. The lowest BCUT2D eigenvalue weighted by Crippen LogP contribution is -2.34. The highest BCUT2D eigenvalue weighted by molar-refractivity contribution is 6.31. The standard InChI is InChI=1S/C17H30ClN3/c1-6-19-12-15-7-8-16(11-17(15)18)21(13-14(2)3)10-9-20(4)5/h7-8,11,14,19H,6,9-10,12-13H2,1-5H3. The van der Waals surface area contributed by atoms with Gasteiger partial charge in [-0.1, -0.05) is 38.4 Å². The predicted octanol–water partition coefficient (Wildman–Crippen LogP) is 3.47. The Morgan fingerprint density at radius 1 is 1.19 bits per heavy atom. The van der Waals surface area contributed by atoms with E-state index in [9.17, 15) is 0 Å². The summed E-state index contributed by atoms with van der Waals surface area (Å²) in [6.45, 7) is 11.5. The fourth-order valence-electron chi connectivity index (χ4n) is 2.22. The van der Waals surface area contributed by atoms with Crippen LogP contribution in [0.4, 0.5) is 5.69 Å². The minimum Gasteiger partial charge on any atom is -0.370 e. The van der Waals surface area contributed by atoms with Crippen LogP contribution in [-0.2, 0) is 6.54 Å². The number of halogens is 1. The molecule has 0 aromatic heterocycles. The van der Waals surface area contributed by atoms with Crippen LogP contribution in [0.15, 0.2) is 18.2 Å². The lowest BCUT2D eigenvalue weighted by molar-refractivity contribution is 0.409. The van der Waals surface area contributed by atoms with Gasteiger partial charge in [0.05, 0.1) is 0 Å². The first-order valence-electron chi connectivity index (χ1n) is 7.82. The molecule has 0 spiro atoms. The van der Waals surface area contributed by atoms with Crippen molar-refractivity contribution in [2.75, 3.05) is 45.2 Å². The maximum absolute atomic E-state index is 6.43. The van der Waals surface area contributed by atoms with Crippen LogP contribution in [0.5, 0.6) is 0 Å². The Morgan fingerprint density at radius 2 is 1.90 bits per heavy atom. The molecule has 1 N–H and O–H groups in total. The van der Waals surface area contributed by atoms with Gasteiger partial charge >= 0.3 is 0 Å². The maximum Gasteiger partial charge on any atom is 0.0471 e. The third-order valence-corrected chi connectivity index (χ3v) is 3.72. The average molecular weight is 312 g/mol. The maximum atomic E-state index is 6.43. The number of hydrogen-bond donors (Lipinski definition) is 1. The zero-order chi connectivity index (χ0) is 15.8. The Labute approximate surface area is 135 Å². The van der Waals surface area contributed by atoms with Gasteiger partial charge in [-0.3, -0.25) is 0 Å². The Balaban J connectivity index is 2.83. The number of nitrogens with zero attached hydrogens (tertiary/aromatic N) is 2. The first-order valence-corrected chi connectivity index (χ1v) is 8.20. The molecule has 0 atom stereocenters. The van der Waals surface area contributed by atoms with Crippen LogP contribution in [0, 0.1) is 5.92 Å². The quantitative estimate of drug-likeness (QED) is 0.753. The van der Waals surface area contributed by atoms with Gasteiger partial charge in [0, 0.05) is 36.9 Å². The molecule has 3 nitrogen and oxygen atoms in total. The fraction of sp³-hybridized carbons (Fsp3) is 0.647. The van der Waals surface area contributed by atoms with Gasteiger partial charge in [-0.2, -0.15) is 0 Å². The zero-order valence-electron chi connectivity index (χ0n) is 14.1. The minimum atomic E-state index is 0.632. The van der Waals surface area contributed by atoms with E-state index in [2.05, 4.69) is 68.2 Å². The Morgan fingerprint density at radius 3 is 2.43 bits per heavy atom. The van der Waals surface area contributed by atoms with Crippen molar-refractivity contribution in [1.82, 2.24) is 10.2 Å². The molecule has 1 aromatic rings. The number of rotatable bonds is 9. The molecule has 0 unspecified atom stereocenters. The van der Waals surface area contributed by atoms with Crippen molar-refractivity contribution in [3.8, 4) is 0 Å². The second-order valence-electron chi connectivity index (χ2n) is 6.20. The molecule has 0 bridgehead atoms. The van der Waals surface area contributed by atoms with Gasteiger partial charge in [0.15, 0.2) is 0 Å². The van der Waals surface area contributed by atoms with Crippen molar-refractivity contribution >= 4 is 17.3 Å². The van der Waals surface area contributed by atoms with Gasteiger partial charge in [-0.05, 0) is 44.3 Å². The molecule has 1 rings (SSSR count). The molecular formula is C17H30ClN3. The molecule has 0 amide bonds. The molecule has 0 aliphatic heterocycles. The first kappa shape index (κ1) is 18.3. The van der Waals surface area contributed by atoms with Gasteiger partial charge < -0.3 is 15.1 Å². The van der Waals surface area contributed by atoms with Crippen LogP contribution in [0.1, 0.15) is 26.3 Å². The fourth-order valence-corrected chi connectivity index (χ4v) is 2.46. The summed E-state index contributed by atoms with van der Waals surface area (Å²) in [5.74, 6) is 0.632. The molecule has 21 heavy (non-hydrogen) atoms. The number of likely N-dealkylation sites (N-methyl/N-ethyl adjacent to an activating group) is 1. The second kappa shape index (κ2) is 9.29. The summed E-state index contributed by atoms with van der Waals surface area (Å²) < 4.78 is 0. The molecule has 0 aliphatic carbocycles.